The van der Waals surface area contributed by atoms with Crippen molar-refractivity contribution in [3.05, 3.63) is 65.7 Å². The number of allylic oxidation sites excluding steroid dienone is 1. The molecule has 1 nitrogen and oxygen atoms in total. The topological polar surface area (TPSA) is 26.0 Å². The van der Waals surface area contributed by atoms with Crippen LogP contribution in [0.4, 0.5) is 5.69 Å². The molecule has 17 heavy (non-hydrogen) atoms. The van der Waals surface area contributed by atoms with Crippen LogP contribution in [-0.4, -0.2) is 0 Å². The zero-order chi connectivity index (χ0) is 12.3. The minimum Gasteiger partial charge on any atom is -0.399 e. The van der Waals surface area contributed by atoms with Gasteiger partial charge in [0.2, 0.25) is 0 Å². The molecule has 86 valence electrons. The molecule has 2 aromatic carbocycles. The second-order valence-electron chi connectivity index (χ2n) is 3.93. The Hall–Kier alpha value is -1.73. The minimum atomic E-state index is 0.746. The molecule has 0 atom stereocenters. The summed E-state index contributed by atoms with van der Waals surface area (Å²) in [5.41, 5.74) is 9.59. The first kappa shape index (κ1) is 11.7. The second-order valence-corrected chi connectivity index (χ2v) is 4.30. The van der Waals surface area contributed by atoms with Gasteiger partial charge in [0.1, 0.15) is 0 Å². The first-order valence-electron chi connectivity index (χ1n) is 5.46. The number of nitrogen functional groups attached to an aromatic ring is 1. The highest BCUT2D eigenvalue weighted by atomic mass is 35.5. The van der Waals surface area contributed by atoms with Crippen molar-refractivity contribution in [2.75, 3.05) is 5.73 Å². The Morgan fingerprint density at radius 2 is 1.47 bits per heavy atom. The fourth-order valence-electron chi connectivity index (χ4n) is 1.66. The summed E-state index contributed by atoms with van der Waals surface area (Å²) in [6.07, 6.45) is 0. The number of benzene rings is 2. The highest BCUT2D eigenvalue weighted by molar-refractivity contribution is 6.52. The normalized spacial score (nSPS) is 12.1. The summed E-state index contributed by atoms with van der Waals surface area (Å²) in [5.74, 6) is 0. The van der Waals surface area contributed by atoms with Crippen molar-refractivity contribution in [1.29, 1.82) is 0 Å². The van der Waals surface area contributed by atoms with Crippen LogP contribution in [0.1, 0.15) is 18.1 Å². The summed E-state index contributed by atoms with van der Waals surface area (Å²) in [5, 5.41) is 0.760. The van der Waals surface area contributed by atoms with Crippen molar-refractivity contribution in [3.8, 4) is 0 Å². The summed E-state index contributed by atoms with van der Waals surface area (Å²) in [6.45, 7) is 2.02. The van der Waals surface area contributed by atoms with Gasteiger partial charge >= 0.3 is 0 Å². The number of nitrogens with two attached hydrogens (primary N) is 1. The Bertz CT molecular complexity index is 527. The quantitative estimate of drug-likeness (QED) is 0.614. The molecule has 0 aliphatic carbocycles. The molecule has 0 unspecified atom stereocenters. The number of hydrogen-bond donors (Lipinski definition) is 1. The molecule has 0 fully saturated rings. The Balaban J connectivity index is 2.41. The average molecular weight is 244 g/mol. The lowest BCUT2D eigenvalue weighted by Crippen LogP contribution is -1.87. The SMILES string of the molecule is CC(=C(Cl)c1ccc(N)cc1)c1ccccc1. The van der Waals surface area contributed by atoms with E-state index in [0.717, 1.165) is 27.4 Å². The van der Waals surface area contributed by atoms with Crippen molar-refractivity contribution >= 4 is 27.9 Å². The average Bonchev–Trinajstić information content (AvgIpc) is 2.39. The van der Waals surface area contributed by atoms with Crippen molar-refractivity contribution < 1.29 is 0 Å². The fraction of sp³-hybridized carbons (Fsp3) is 0.0667. The molecule has 2 aromatic rings. The van der Waals surface area contributed by atoms with Crippen LogP contribution in [0, 0.1) is 0 Å². The number of hydrogen-bond acceptors (Lipinski definition) is 1. The molecule has 0 aromatic heterocycles. The standard InChI is InChI=1S/C15H14ClN/c1-11(12-5-3-2-4-6-12)15(16)13-7-9-14(17)10-8-13/h2-10H,17H2,1H3. The molecule has 0 heterocycles. The Morgan fingerprint density at radius 3 is 2.06 bits per heavy atom. The number of anilines is 1. The lowest BCUT2D eigenvalue weighted by atomic mass is 10.0. The van der Waals surface area contributed by atoms with E-state index >= 15 is 0 Å². The van der Waals surface area contributed by atoms with Gasteiger partial charge in [0.05, 0.1) is 5.03 Å². The van der Waals surface area contributed by atoms with E-state index in [2.05, 4.69) is 12.1 Å². The highest BCUT2D eigenvalue weighted by Crippen LogP contribution is 2.29. The predicted molar refractivity (Wildman–Crippen MR) is 75.6 cm³/mol. The summed E-state index contributed by atoms with van der Waals surface area (Å²) in [4.78, 5) is 0. The Labute approximate surface area is 107 Å². The van der Waals surface area contributed by atoms with Gasteiger partial charge in [0.15, 0.2) is 0 Å². The molecule has 2 heteroatoms. The summed E-state index contributed by atoms with van der Waals surface area (Å²) in [7, 11) is 0. The Kier molecular flexibility index (Phi) is 3.50. The lowest BCUT2D eigenvalue weighted by Gasteiger charge is -2.06. The van der Waals surface area contributed by atoms with Gasteiger partial charge in [0, 0.05) is 5.69 Å². The van der Waals surface area contributed by atoms with E-state index in [0.29, 0.717) is 0 Å². The first-order valence-corrected chi connectivity index (χ1v) is 5.84. The molecule has 2 N–H and O–H groups in total. The van der Waals surface area contributed by atoms with Crippen molar-refractivity contribution in [2.45, 2.75) is 6.92 Å². The van der Waals surface area contributed by atoms with Gasteiger partial charge in [0.25, 0.3) is 0 Å². The van der Waals surface area contributed by atoms with E-state index in [-0.39, 0.29) is 0 Å². The van der Waals surface area contributed by atoms with Crippen molar-refractivity contribution in [3.63, 3.8) is 0 Å². The van der Waals surface area contributed by atoms with Crippen LogP contribution < -0.4 is 5.73 Å². The van der Waals surface area contributed by atoms with Crippen molar-refractivity contribution in [2.24, 2.45) is 0 Å². The summed E-state index contributed by atoms with van der Waals surface area (Å²) in [6, 6.07) is 17.7. The number of halogens is 1. The molecular formula is C15H14ClN. The molecule has 0 radical (unpaired) electrons. The molecule has 2 rings (SSSR count). The zero-order valence-electron chi connectivity index (χ0n) is 9.65. The van der Waals surface area contributed by atoms with E-state index < -0.39 is 0 Å². The maximum atomic E-state index is 6.38. The zero-order valence-corrected chi connectivity index (χ0v) is 10.4. The van der Waals surface area contributed by atoms with Gasteiger partial charge < -0.3 is 5.73 Å². The monoisotopic (exact) mass is 243 g/mol. The Morgan fingerprint density at radius 1 is 0.882 bits per heavy atom. The van der Waals surface area contributed by atoms with Crippen LogP contribution in [0.3, 0.4) is 0 Å². The lowest BCUT2D eigenvalue weighted by molar-refractivity contribution is 1.56. The van der Waals surface area contributed by atoms with Gasteiger partial charge in [-0.1, -0.05) is 54.1 Å². The predicted octanol–water partition coefficient (Wildman–Crippen LogP) is 4.40. The molecule has 0 saturated carbocycles. The molecular weight excluding hydrogens is 230 g/mol. The van der Waals surface area contributed by atoms with Gasteiger partial charge in [-0.15, -0.1) is 0 Å². The molecule has 0 aliphatic rings. The molecule has 0 spiro atoms. The van der Waals surface area contributed by atoms with Gasteiger partial charge in [-0.25, -0.2) is 0 Å². The van der Waals surface area contributed by atoms with Crippen LogP contribution in [0.15, 0.2) is 54.6 Å². The second kappa shape index (κ2) is 5.07. The van der Waals surface area contributed by atoms with Crippen LogP contribution >= 0.6 is 11.6 Å². The summed E-state index contributed by atoms with van der Waals surface area (Å²) >= 11 is 6.38. The fourth-order valence-corrected chi connectivity index (χ4v) is 1.90. The van der Waals surface area contributed by atoms with Gasteiger partial charge in [-0.05, 0) is 35.8 Å². The van der Waals surface area contributed by atoms with Crippen LogP contribution in [0.2, 0.25) is 0 Å². The van der Waals surface area contributed by atoms with Gasteiger partial charge in [-0.2, -0.15) is 0 Å². The minimum absolute atomic E-state index is 0.746. The van der Waals surface area contributed by atoms with E-state index in [4.69, 9.17) is 17.3 Å². The largest absolute Gasteiger partial charge is 0.399 e. The van der Waals surface area contributed by atoms with Crippen LogP contribution in [0.25, 0.3) is 10.6 Å². The van der Waals surface area contributed by atoms with E-state index in [1.54, 1.807) is 0 Å². The highest BCUT2D eigenvalue weighted by Gasteiger charge is 2.04. The maximum Gasteiger partial charge on any atom is 0.0513 e. The van der Waals surface area contributed by atoms with Gasteiger partial charge in [-0.3, -0.25) is 0 Å². The summed E-state index contributed by atoms with van der Waals surface area (Å²) < 4.78 is 0. The molecule has 0 saturated heterocycles. The van der Waals surface area contributed by atoms with E-state index in [1.165, 1.54) is 0 Å². The third kappa shape index (κ3) is 2.69. The van der Waals surface area contributed by atoms with E-state index in [1.807, 2.05) is 49.4 Å². The molecule has 0 aliphatic heterocycles. The smallest absolute Gasteiger partial charge is 0.0513 e. The van der Waals surface area contributed by atoms with E-state index in [9.17, 15) is 0 Å². The van der Waals surface area contributed by atoms with Crippen LogP contribution in [-0.2, 0) is 0 Å². The van der Waals surface area contributed by atoms with Crippen LogP contribution in [0.5, 0.6) is 0 Å². The maximum absolute atomic E-state index is 6.38. The molecule has 0 amide bonds. The number of rotatable bonds is 2. The third-order valence-electron chi connectivity index (χ3n) is 2.70. The third-order valence-corrected chi connectivity index (χ3v) is 3.20. The first-order chi connectivity index (χ1) is 8.18. The van der Waals surface area contributed by atoms with Crippen molar-refractivity contribution in [1.82, 2.24) is 0 Å². The molecule has 0 bridgehead atoms.